The van der Waals surface area contributed by atoms with Gasteiger partial charge in [-0.3, -0.25) is 0 Å². The van der Waals surface area contributed by atoms with Crippen molar-refractivity contribution in [2.75, 3.05) is 35.6 Å². The molecule has 2 rings (SSSR count). The van der Waals surface area contributed by atoms with E-state index < -0.39 is 0 Å². The number of nitrogens with zero attached hydrogens (tertiary/aromatic N) is 4. The van der Waals surface area contributed by atoms with E-state index >= 15 is 0 Å². The van der Waals surface area contributed by atoms with Crippen LogP contribution in [0.25, 0.3) is 0 Å². The van der Waals surface area contributed by atoms with Gasteiger partial charge in [0, 0.05) is 19.6 Å². The predicted molar refractivity (Wildman–Crippen MR) is 78.2 cm³/mol. The highest BCUT2D eigenvalue weighted by molar-refractivity contribution is 5.42. The van der Waals surface area contributed by atoms with Gasteiger partial charge in [-0.2, -0.15) is 15.0 Å². The van der Waals surface area contributed by atoms with E-state index in [0.29, 0.717) is 17.8 Å². The third-order valence-electron chi connectivity index (χ3n) is 3.27. The van der Waals surface area contributed by atoms with Gasteiger partial charge in [-0.25, -0.2) is 0 Å². The SMILES string of the molecule is CC(C)CCCNc1nc(N)nc(N2CCCC2)n1. The van der Waals surface area contributed by atoms with Gasteiger partial charge in [0.15, 0.2) is 0 Å². The molecule has 6 heteroatoms. The molecule has 1 fully saturated rings. The van der Waals surface area contributed by atoms with Crippen LogP contribution in [0.5, 0.6) is 0 Å². The van der Waals surface area contributed by atoms with Gasteiger partial charge < -0.3 is 16.0 Å². The van der Waals surface area contributed by atoms with Crippen molar-refractivity contribution in [3.8, 4) is 0 Å². The summed E-state index contributed by atoms with van der Waals surface area (Å²) in [5, 5.41) is 3.24. The Hall–Kier alpha value is -1.59. The van der Waals surface area contributed by atoms with Crippen molar-refractivity contribution in [2.45, 2.75) is 39.5 Å². The lowest BCUT2D eigenvalue weighted by atomic mass is 10.1. The lowest BCUT2D eigenvalue weighted by Gasteiger charge is -2.16. The second kappa shape index (κ2) is 6.54. The zero-order chi connectivity index (χ0) is 13.7. The molecule has 0 amide bonds. The minimum Gasteiger partial charge on any atom is -0.368 e. The van der Waals surface area contributed by atoms with Crippen molar-refractivity contribution in [3.63, 3.8) is 0 Å². The summed E-state index contributed by atoms with van der Waals surface area (Å²) < 4.78 is 0. The molecule has 19 heavy (non-hydrogen) atoms. The minimum atomic E-state index is 0.295. The van der Waals surface area contributed by atoms with Gasteiger partial charge in [0.2, 0.25) is 17.8 Å². The first-order chi connectivity index (χ1) is 9.15. The van der Waals surface area contributed by atoms with Crippen LogP contribution in [0.3, 0.4) is 0 Å². The predicted octanol–water partition coefficient (Wildman–Crippen LogP) is 1.90. The second-order valence-corrected chi connectivity index (χ2v) is 5.47. The van der Waals surface area contributed by atoms with E-state index in [0.717, 1.165) is 32.0 Å². The maximum Gasteiger partial charge on any atom is 0.231 e. The molecular formula is C13H24N6. The van der Waals surface area contributed by atoms with Crippen LogP contribution >= 0.6 is 0 Å². The van der Waals surface area contributed by atoms with E-state index in [9.17, 15) is 0 Å². The molecule has 1 aliphatic heterocycles. The highest BCUT2D eigenvalue weighted by Gasteiger charge is 2.16. The second-order valence-electron chi connectivity index (χ2n) is 5.47. The molecule has 1 saturated heterocycles. The molecule has 1 aromatic rings. The van der Waals surface area contributed by atoms with E-state index in [4.69, 9.17) is 5.73 Å². The molecule has 0 atom stereocenters. The number of nitrogen functional groups attached to an aromatic ring is 1. The van der Waals surface area contributed by atoms with Crippen molar-refractivity contribution < 1.29 is 0 Å². The summed E-state index contributed by atoms with van der Waals surface area (Å²) >= 11 is 0. The standard InChI is InChI=1S/C13H24N6/c1-10(2)6-5-7-15-12-16-11(14)17-13(18-12)19-8-3-4-9-19/h10H,3-9H2,1-2H3,(H3,14,15,16,17,18). The summed E-state index contributed by atoms with van der Waals surface area (Å²) in [6, 6.07) is 0. The fraction of sp³-hybridized carbons (Fsp3) is 0.769. The van der Waals surface area contributed by atoms with Gasteiger partial charge in [-0.05, 0) is 31.6 Å². The van der Waals surface area contributed by atoms with Gasteiger partial charge in [0.05, 0.1) is 0 Å². The number of nitrogens with one attached hydrogen (secondary N) is 1. The summed E-state index contributed by atoms with van der Waals surface area (Å²) in [6.45, 7) is 7.35. The number of aromatic nitrogens is 3. The summed E-state index contributed by atoms with van der Waals surface area (Å²) in [5.41, 5.74) is 5.75. The quantitative estimate of drug-likeness (QED) is 0.764. The van der Waals surface area contributed by atoms with Crippen LogP contribution in [0, 0.1) is 5.92 Å². The third-order valence-corrected chi connectivity index (χ3v) is 3.27. The molecule has 106 valence electrons. The Labute approximate surface area is 114 Å². The summed E-state index contributed by atoms with van der Waals surface area (Å²) in [7, 11) is 0. The van der Waals surface area contributed by atoms with Crippen LogP contribution in [0.4, 0.5) is 17.8 Å². The van der Waals surface area contributed by atoms with Crippen molar-refractivity contribution in [3.05, 3.63) is 0 Å². The number of hydrogen-bond donors (Lipinski definition) is 2. The van der Waals surface area contributed by atoms with Crippen molar-refractivity contribution in [2.24, 2.45) is 5.92 Å². The Morgan fingerprint density at radius 3 is 2.63 bits per heavy atom. The maximum atomic E-state index is 5.75. The molecule has 0 spiro atoms. The molecule has 0 radical (unpaired) electrons. The largest absolute Gasteiger partial charge is 0.368 e. The van der Waals surface area contributed by atoms with Crippen molar-refractivity contribution >= 4 is 17.8 Å². The smallest absolute Gasteiger partial charge is 0.231 e. The fourth-order valence-electron chi connectivity index (χ4n) is 2.23. The average molecular weight is 264 g/mol. The van der Waals surface area contributed by atoms with Crippen LogP contribution in [0.15, 0.2) is 0 Å². The van der Waals surface area contributed by atoms with Gasteiger partial charge in [0.1, 0.15) is 0 Å². The molecule has 1 aliphatic rings. The van der Waals surface area contributed by atoms with E-state index in [-0.39, 0.29) is 0 Å². The monoisotopic (exact) mass is 264 g/mol. The molecule has 3 N–H and O–H groups in total. The van der Waals surface area contributed by atoms with E-state index in [1.807, 2.05) is 0 Å². The van der Waals surface area contributed by atoms with Gasteiger partial charge in [-0.1, -0.05) is 13.8 Å². The first-order valence-electron chi connectivity index (χ1n) is 7.15. The van der Waals surface area contributed by atoms with E-state index in [2.05, 4.69) is 39.0 Å². The molecule has 0 unspecified atom stereocenters. The van der Waals surface area contributed by atoms with Crippen LogP contribution in [0.1, 0.15) is 39.5 Å². The highest BCUT2D eigenvalue weighted by atomic mass is 15.3. The Morgan fingerprint density at radius 2 is 1.95 bits per heavy atom. The topological polar surface area (TPSA) is 80.0 Å². The van der Waals surface area contributed by atoms with Crippen LogP contribution < -0.4 is 16.0 Å². The molecular weight excluding hydrogens is 240 g/mol. The van der Waals surface area contributed by atoms with E-state index in [1.54, 1.807) is 0 Å². The number of rotatable bonds is 6. The number of hydrogen-bond acceptors (Lipinski definition) is 6. The molecule has 0 aliphatic carbocycles. The van der Waals surface area contributed by atoms with Crippen LogP contribution in [-0.2, 0) is 0 Å². The molecule has 1 aromatic heterocycles. The molecule has 2 heterocycles. The number of nitrogens with two attached hydrogens (primary N) is 1. The minimum absolute atomic E-state index is 0.295. The maximum absolute atomic E-state index is 5.75. The first-order valence-corrected chi connectivity index (χ1v) is 7.15. The van der Waals surface area contributed by atoms with Gasteiger partial charge in [-0.15, -0.1) is 0 Å². The molecule has 0 aromatic carbocycles. The first kappa shape index (κ1) is 13.8. The zero-order valence-electron chi connectivity index (χ0n) is 11.9. The Kier molecular flexibility index (Phi) is 4.76. The summed E-state index contributed by atoms with van der Waals surface area (Å²) in [5.74, 6) is 2.32. The zero-order valence-corrected chi connectivity index (χ0v) is 11.9. The Bertz CT molecular complexity index is 400. The van der Waals surface area contributed by atoms with E-state index in [1.165, 1.54) is 19.3 Å². The van der Waals surface area contributed by atoms with Crippen LogP contribution in [0.2, 0.25) is 0 Å². The normalized spacial score (nSPS) is 15.2. The van der Waals surface area contributed by atoms with Gasteiger partial charge >= 0.3 is 0 Å². The Balaban J connectivity index is 1.92. The lowest BCUT2D eigenvalue weighted by molar-refractivity contribution is 0.566. The average Bonchev–Trinajstić information content (AvgIpc) is 2.87. The fourth-order valence-corrected chi connectivity index (χ4v) is 2.23. The van der Waals surface area contributed by atoms with Crippen molar-refractivity contribution in [1.29, 1.82) is 0 Å². The van der Waals surface area contributed by atoms with Crippen molar-refractivity contribution in [1.82, 2.24) is 15.0 Å². The number of anilines is 3. The molecule has 6 nitrogen and oxygen atoms in total. The Morgan fingerprint density at radius 1 is 1.21 bits per heavy atom. The summed E-state index contributed by atoms with van der Waals surface area (Å²) in [4.78, 5) is 15.0. The highest BCUT2D eigenvalue weighted by Crippen LogP contribution is 2.17. The van der Waals surface area contributed by atoms with Crippen LogP contribution in [-0.4, -0.2) is 34.6 Å². The third kappa shape index (κ3) is 4.22. The lowest BCUT2D eigenvalue weighted by Crippen LogP contribution is -2.22. The van der Waals surface area contributed by atoms with Gasteiger partial charge in [0.25, 0.3) is 0 Å². The molecule has 0 saturated carbocycles. The summed E-state index contributed by atoms with van der Waals surface area (Å²) in [6.07, 6.45) is 4.71. The molecule has 0 bridgehead atoms.